The number of nitrogens with zero attached hydrogens (tertiary/aromatic N) is 2. The van der Waals surface area contributed by atoms with Crippen molar-refractivity contribution in [2.24, 2.45) is 0 Å². The first kappa shape index (κ1) is 15.7. The lowest BCUT2D eigenvalue weighted by molar-refractivity contribution is -0.140. The molecule has 2 aliphatic rings. The van der Waals surface area contributed by atoms with Crippen LogP contribution in [0.5, 0.6) is 0 Å². The van der Waals surface area contributed by atoms with E-state index < -0.39 is 0 Å². The number of piperidine rings is 1. The second kappa shape index (κ2) is 7.38. The van der Waals surface area contributed by atoms with E-state index in [0.29, 0.717) is 18.6 Å². The predicted octanol–water partition coefficient (Wildman–Crippen LogP) is 0.696. The van der Waals surface area contributed by atoms with Gasteiger partial charge in [-0.15, -0.1) is 0 Å². The van der Waals surface area contributed by atoms with Crippen LogP contribution in [-0.2, 0) is 9.53 Å². The van der Waals surface area contributed by atoms with Crippen LogP contribution in [0.2, 0.25) is 0 Å². The summed E-state index contributed by atoms with van der Waals surface area (Å²) in [6.45, 7) is 8.18. The van der Waals surface area contributed by atoms with Crippen molar-refractivity contribution in [2.45, 2.75) is 51.3 Å². The summed E-state index contributed by atoms with van der Waals surface area (Å²) >= 11 is 0. The van der Waals surface area contributed by atoms with Gasteiger partial charge in [-0.2, -0.15) is 0 Å². The molecule has 0 saturated carbocycles. The lowest BCUT2D eigenvalue weighted by atomic mass is 9.97. The van der Waals surface area contributed by atoms with Crippen LogP contribution >= 0.6 is 0 Å². The van der Waals surface area contributed by atoms with Gasteiger partial charge in [0.2, 0.25) is 5.91 Å². The van der Waals surface area contributed by atoms with E-state index in [1.54, 1.807) is 0 Å². The van der Waals surface area contributed by atoms with E-state index in [1.807, 2.05) is 7.05 Å². The van der Waals surface area contributed by atoms with Crippen LogP contribution in [0.15, 0.2) is 0 Å². The molecule has 0 spiro atoms. The van der Waals surface area contributed by atoms with Crippen LogP contribution in [-0.4, -0.2) is 73.7 Å². The second-order valence-corrected chi connectivity index (χ2v) is 6.22. The van der Waals surface area contributed by atoms with E-state index in [4.69, 9.17) is 4.74 Å². The molecule has 0 bridgehead atoms. The van der Waals surface area contributed by atoms with Gasteiger partial charge in [0.15, 0.2) is 0 Å². The number of likely N-dealkylation sites (N-methyl/N-ethyl adjacent to an activating group) is 1. The highest BCUT2D eigenvalue weighted by Gasteiger charge is 2.30. The summed E-state index contributed by atoms with van der Waals surface area (Å²) in [6, 6.07) is 0.779. The molecule has 2 saturated heterocycles. The third-order valence-electron chi connectivity index (χ3n) is 4.50. The maximum atomic E-state index is 12.6. The van der Waals surface area contributed by atoms with Crippen molar-refractivity contribution in [3.8, 4) is 0 Å². The number of hydrogen-bond acceptors (Lipinski definition) is 4. The van der Waals surface area contributed by atoms with Gasteiger partial charge < -0.3 is 15.0 Å². The molecule has 3 atom stereocenters. The highest BCUT2D eigenvalue weighted by Crippen LogP contribution is 2.22. The minimum atomic E-state index is 0.206. The molecule has 2 rings (SSSR count). The van der Waals surface area contributed by atoms with E-state index in [1.165, 1.54) is 6.42 Å². The Bertz CT molecular complexity index is 312. The Morgan fingerprint density at radius 1 is 1.30 bits per heavy atom. The molecule has 0 aromatic rings. The summed E-state index contributed by atoms with van der Waals surface area (Å²) in [7, 11) is 1.94. The van der Waals surface area contributed by atoms with Crippen LogP contribution in [0.1, 0.15) is 33.1 Å². The van der Waals surface area contributed by atoms with Crippen LogP contribution < -0.4 is 5.32 Å². The van der Waals surface area contributed by atoms with Crippen molar-refractivity contribution in [1.29, 1.82) is 0 Å². The zero-order valence-electron chi connectivity index (χ0n) is 13.1. The molecule has 0 aliphatic carbocycles. The number of carbonyl (C=O) groups is 1. The number of ether oxygens (including phenoxy) is 1. The molecule has 0 radical (unpaired) electrons. The van der Waals surface area contributed by atoms with Gasteiger partial charge >= 0.3 is 0 Å². The Balaban J connectivity index is 1.86. The molecule has 1 amide bonds. The predicted molar refractivity (Wildman–Crippen MR) is 79.7 cm³/mol. The Hall–Kier alpha value is -0.650. The van der Waals surface area contributed by atoms with E-state index >= 15 is 0 Å². The van der Waals surface area contributed by atoms with Gasteiger partial charge in [-0.3, -0.25) is 9.69 Å². The summed E-state index contributed by atoms with van der Waals surface area (Å²) < 4.78 is 5.69. The quantitative estimate of drug-likeness (QED) is 0.825. The van der Waals surface area contributed by atoms with Crippen molar-refractivity contribution in [3.05, 3.63) is 0 Å². The molecule has 20 heavy (non-hydrogen) atoms. The minimum Gasteiger partial charge on any atom is -0.374 e. The molecule has 5 nitrogen and oxygen atoms in total. The Labute approximate surface area is 122 Å². The Morgan fingerprint density at radius 2 is 2.00 bits per heavy atom. The number of rotatable bonds is 4. The lowest BCUT2D eigenvalue weighted by Crippen LogP contribution is -2.54. The minimum absolute atomic E-state index is 0.206. The fourth-order valence-corrected chi connectivity index (χ4v) is 3.46. The van der Waals surface area contributed by atoms with E-state index in [-0.39, 0.29) is 12.0 Å². The first-order valence-electron chi connectivity index (χ1n) is 7.91. The maximum absolute atomic E-state index is 12.6. The van der Waals surface area contributed by atoms with Gasteiger partial charge in [0.05, 0.1) is 19.3 Å². The van der Waals surface area contributed by atoms with Crippen molar-refractivity contribution in [2.75, 3.05) is 39.8 Å². The maximum Gasteiger partial charge on any atom is 0.237 e. The van der Waals surface area contributed by atoms with Gasteiger partial charge in [-0.25, -0.2) is 0 Å². The van der Waals surface area contributed by atoms with Gasteiger partial charge in [0.25, 0.3) is 0 Å². The number of amides is 1. The molecule has 2 heterocycles. The highest BCUT2D eigenvalue weighted by molar-refractivity contribution is 5.79. The van der Waals surface area contributed by atoms with Gasteiger partial charge in [0, 0.05) is 31.7 Å². The molecular weight excluding hydrogens is 254 g/mol. The summed E-state index contributed by atoms with van der Waals surface area (Å²) in [4.78, 5) is 16.9. The molecule has 0 aromatic carbocycles. The van der Waals surface area contributed by atoms with Gasteiger partial charge in [-0.1, -0.05) is 0 Å². The number of hydrogen-bond donors (Lipinski definition) is 1. The smallest absolute Gasteiger partial charge is 0.237 e. The first-order valence-corrected chi connectivity index (χ1v) is 7.91. The van der Waals surface area contributed by atoms with Crippen molar-refractivity contribution in [3.63, 3.8) is 0 Å². The molecule has 2 fully saturated rings. The fourth-order valence-electron chi connectivity index (χ4n) is 3.46. The summed E-state index contributed by atoms with van der Waals surface area (Å²) in [5, 5.41) is 3.14. The van der Waals surface area contributed by atoms with Gasteiger partial charge in [-0.05, 0) is 40.2 Å². The Kier molecular flexibility index (Phi) is 5.81. The SMILES string of the molecule is CNCC1CN(CC(=O)N2C(C)CCCC2C)CCO1. The Morgan fingerprint density at radius 3 is 2.65 bits per heavy atom. The van der Waals surface area contributed by atoms with E-state index in [9.17, 15) is 4.79 Å². The first-order chi connectivity index (χ1) is 9.61. The zero-order valence-corrected chi connectivity index (χ0v) is 13.1. The third kappa shape index (κ3) is 3.93. The van der Waals surface area contributed by atoms with E-state index in [0.717, 1.165) is 39.1 Å². The largest absolute Gasteiger partial charge is 0.374 e. The number of morpholine rings is 1. The normalized spacial score (nSPS) is 32.4. The van der Waals surface area contributed by atoms with Gasteiger partial charge in [0.1, 0.15) is 0 Å². The van der Waals surface area contributed by atoms with Crippen LogP contribution in [0.3, 0.4) is 0 Å². The monoisotopic (exact) mass is 283 g/mol. The fraction of sp³-hybridized carbons (Fsp3) is 0.933. The molecule has 5 heteroatoms. The van der Waals surface area contributed by atoms with Crippen LogP contribution in [0, 0.1) is 0 Å². The third-order valence-corrected chi connectivity index (χ3v) is 4.50. The average molecular weight is 283 g/mol. The number of likely N-dealkylation sites (tertiary alicyclic amines) is 1. The van der Waals surface area contributed by atoms with E-state index in [2.05, 4.69) is 29.0 Å². The summed E-state index contributed by atoms with van der Waals surface area (Å²) in [6.07, 6.45) is 3.73. The van der Waals surface area contributed by atoms with Crippen molar-refractivity contribution < 1.29 is 9.53 Å². The number of nitrogens with one attached hydrogen (secondary N) is 1. The van der Waals surface area contributed by atoms with Crippen molar-refractivity contribution >= 4 is 5.91 Å². The zero-order chi connectivity index (χ0) is 14.5. The topological polar surface area (TPSA) is 44.8 Å². The molecule has 0 aromatic heterocycles. The lowest BCUT2D eigenvalue weighted by Gasteiger charge is -2.41. The number of carbonyl (C=O) groups excluding carboxylic acids is 1. The molecular formula is C15H29N3O2. The molecule has 3 unspecified atom stereocenters. The van der Waals surface area contributed by atoms with Crippen molar-refractivity contribution in [1.82, 2.24) is 15.1 Å². The molecule has 116 valence electrons. The second-order valence-electron chi connectivity index (χ2n) is 6.22. The highest BCUT2D eigenvalue weighted by atomic mass is 16.5. The molecule has 1 N–H and O–H groups in total. The van der Waals surface area contributed by atoms with Crippen LogP contribution in [0.4, 0.5) is 0 Å². The molecule has 2 aliphatic heterocycles. The standard InChI is InChI=1S/C15H29N3O2/c1-12-5-4-6-13(2)18(12)15(19)11-17-7-8-20-14(10-17)9-16-3/h12-14,16H,4-11H2,1-3H3. The summed E-state index contributed by atoms with van der Waals surface area (Å²) in [5.41, 5.74) is 0. The summed E-state index contributed by atoms with van der Waals surface area (Å²) in [5.74, 6) is 0.287. The average Bonchev–Trinajstić information content (AvgIpc) is 2.39. The van der Waals surface area contributed by atoms with Crippen LogP contribution in [0.25, 0.3) is 0 Å².